The fourth-order valence-corrected chi connectivity index (χ4v) is 2.29. The van der Waals surface area contributed by atoms with Crippen molar-refractivity contribution < 1.29 is 14.6 Å². The molecular formula is C13H18N2O3. The maximum absolute atomic E-state index is 11.1. The molecule has 0 aliphatic carbocycles. The topological polar surface area (TPSA) is 75.8 Å². The molecule has 98 valence electrons. The molecule has 0 saturated carbocycles. The van der Waals surface area contributed by atoms with Crippen molar-refractivity contribution in [2.75, 3.05) is 25.1 Å². The fourth-order valence-electron chi connectivity index (χ4n) is 2.29. The van der Waals surface area contributed by atoms with Crippen LogP contribution in [-0.2, 0) is 4.79 Å². The molecule has 5 heteroatoms. The fraction of sp³-hybridized carbons (Fsp3) is 0.462. The highest BCUT2D eigenvalue weighted by Gasteiger charge is 2.23. The molecule has 18 heavy (non-hydrogen) atoms. The summed E-state index contributed by atoms with van der Waals surface area (Å²) >= 11 is 0. The molecule has 0 radical (unpaired) electrons. The van der Waals surface area contributed by atoms with E-state index in [9.17, 15) is 4.79 Å². The normalized spacial score (nSPS) is 16.7. The zero-order valence-electron chi connectivity index (χ0n) is 10.4. The van der Waals surface area contributed by atoms with E-state index in [0.29, 0.717) is 11.3 Å². The summed E-state index contributed by atoms with van der Waals surface area (Å²) in [6, 6.07) is 4.43. The molecule has 0 bridgehead atoms. The molecule has 3 N–H and O–H groups in total. The van der Waals surface area contributed by atoms with Crippen LogP contribution in [0.4, 0.5) is 5.69 Å². The molecule has 1 unspecified atom stereocenters. The van der Waals surface area contributed by atoms with Crippen molar-refractivity contribution >= 4 is 11.7 Å². The van der Waals surface area contributed by atoms with Gasteiger partial charge in [0.1, 0.15) is 11.8 Å². The summed E-state index contributed by atoms with van der Waals surface area (Å²) < 4.78 is 5.14. The predicted octanol–water partition coefficient (Wildman–Crippen LogP) is 1.38. The minimum Gasteiger partial charge on any atom is -0.497 e. The maximum atomic E-state index is 11.1. The first-order chi connectivity index (χ1) is 8.63. The van der Waals surface area contributed by atoms with Gasteiger partial charge in [0.05, 0.1) is 7.11 Å². The molecule has 1 aromatic rings. The number of carboxylic acid groups (broad SMARTS) is 1. The number of nitrogens with two attached hydrogens (primary N) is 1. The van der Waals surface area contributed by atoms with E-state index in [4.69, 9.17) is 15.6 Å². The molecule has 1 aromatic carbocycles. The molecule has 1 aliphatic rings. The second-order valence-corrected chi connectivity index (χ2v) is 4.43. The van der Waals surface area contributed by atoms with E-state index in [-0.39, 0.29) is 0 Å². The van der Waals surface area contributed by atoms with E-state index < -0.39 is 12.0 Å². The summed E-state index contributed by atoms with van der Waals surface area (Å²) in [6.45, 7) is 1.90. The van der Waals surface area contributed by atoms with Crippen LogP contribution in [-0.4, -0.2) is 31.3 Å². The number of hydrogen-bond donors (Lipinski definition) is 2. The average Bonchev–Trinajstić information content (AvgIpc) is 2.90. The third kappa shape index (κ3) is 2.41. The number of ether oxygens (including phenoxy) is 1. The minimum absolute atomic E-state index is 0.615. The Balaban J connectivity index is 2.40. The molecule has 1 fully saturated rings. The number of benzene rings is 1. The minimum atomic E-state index is -1.02. The SMILES string of the molecule is COc1ccc(N2CCCC2)c(C(N)C(=O)O)c1. The van der Waals surface area contributed by atoms with Crippen LogP contribution in [0.2, 0.25) is 0 Å². The van der Waals surface area contributed by atoms with Crippen LogP contribution >= 0.6 is 0 Å². The van der Waals surface area contributed by atoms with Gasteiger partial charge in [-0.05, 0) is 31.0 Å². The van der Waals surface area contributed by atoms with E-state index in [1.54, 1.807) is 13.2 Å². The third-order valence-electron chi connectivity index (χ3n) is 3.28. The number of hydrogen-bond acceptors (Lipinski definition) is 4. The lowest BCUT2D eigenvalue weighted by Crippen LogP contribution is -2.26. The summed E-state index contributed by atoms with van der Waals surface area (Å²) in [5, 5.41) is 9.08. The van der Waals surface area contributed by atoms with Crippen molar-refractivity contribution in [1.29, 1.82) is 0 Å². The third-order valence-corrected chi connectivity index (χ3v) is 3.28. The Morgan fingerprint density at radius 1 is 1.44 bits per heavy atom. The van der Waals surface area contributed by atoms with Crippen molar-refractivity contribution in [1.82, 2.24) is 0 Å². The highest BCUT2D eigenvalue weighted by molar-refractivity contribution is 5.79. The Morgan fingerprint density at radius 2 is 2.11 bits per heavy atom. The van der Waals surface area contributed by atoms with Gasteiger partial charge in [0.2, 0.25) is 0 Å². The van der Waals surface area contributed by atoms with Crippen LogP contribution in [0.1, 0.15) is 24.4 Å². The Bertz CT molecular complexity index is 442. The summed E-state index contributed by atoms with van der Waals surface area (Å²) in [5.74, 6) is -0.395. The van der Waals surface area contributed by atoms with E-state index in [1.807, 2.05) is 12.1 Å². The number of nitrogens with zero attached hydrogens (tertiary/aromatic N) is 1. The number of anilines is 1. The summed E-state index contributed by atoms with van der Waals surface area (Å²) in [4.78, 5) is 13.3. The lowest BCUT2D eigenvalue weighted by Gasteiger charge is -2.23. The standard InChI is InChI=1S/C13H18N2O3/c1-18-9-4-5-11(15-6-2-3-7-15)10(8-9)12(14)13(16)17/h4-5,8,12H,2-3,6-7,14H2,1H3,(H,16,17). The zero-order chi connectivity index (χ0) is 13.1. The second kappa shape index (κ2) is 5.27. The van der Waals surface area contributed by atoms with Crippen LogP contribution in [0.3, 0.4) is 0 Å². The van der Waals surface area contributed by atoms with Crippen LogP contribution in [0.25, 0.3) is 0 Å². The first-order valence-corrected chi connectivity index (χ1v) is 6.04. The summed E-state index contributed by atoms with van der Waals surface area (Å²) in [7, 11) is 1.56. The summed E-state index contributed by atoms with van der Waals surface area (Å²) in [6.07, 6.45) is 2.27. The highest BCUT2D eigenvalue weighted by atomic mass is 16.5. The van der Waals surface area contributed by atoms with Gasteiger partial charge >= 0.3 is 5.97 Å². The van der Waals surface area contributed by atoms with Gasteiger partial charge in [-0.25, -0.2) is 0 Å². The van der Waals surface area contributed by atoms with Crippen molar-refractivity contribution in [2.24, 2.45) is 5.73 Å². The monoisotopic (exact) mass is 250 g/mol. The van der Waals surface area contributed by atoms with Gasteiger partial charge in [0.25, 0.3) is 0 Å². The van der Waals surface area contributed by atoms with E-state index in [1.165, 1.54) is 0 Å². The first kappa shape index (κ1) is 12.7. The molecule has 0 amide bonds. The van der Waals surface area contributed by atoms with Gasteiger partial charge in [-0.1, -0.05) is 0 Å². The predicted molar refractivity (Wildman–Crippen MR) is 69.0 cm³/mol. The molecule has 1 atom stereocenters. The smallest absolute Gasteiger partial charge is 0.325 e. The van der Waals surface area contributed by atoms with E-state index >= 15 is 0 Å². The van der Waals surface area contributed by atoms with E-state index in [0.717, 1.165) is 31.6 Å². The van der Waals surface area contributed by atoms with Crippen LogP contribution in [0.5, 0.6) is 5.75 Å². The molecule has 0 spiro atoms. The summed E-state index contributed by atoms with van der Waals surface area (Å²) in [5.41, 5.74) is 7.27. The van der Waals surface area contributed by atoms with Gasteiger partial charge in [0, 0.05) is 24.3 Å². The number of carboxylic acids is 1. The Kier molecular flexibility index (Phi) is 3.72. The second-order valence-electron chi connectivity index (χ2n) is 4.43. The average molecular weight is 250 g/mol. The van der Waals surface area contributed by atoms with Gasteiger partial charge in [-0.15, -0.1) is 0 Å². The Morgan fingerprint density at radius 3 is 2.67 bits per heavy atom. The Hall–Kier alpha value is -1.75. The van der Waals surface area contributed by atoms with Gasteiger partial charge in [0.15, 0.2) is 0 Å². The number of rotatable bonds is 4. The molecule has 1 heterocycles. The van der Waals surface area contributed by atoms with Crippen molar-refractivity contribution in [3.8, 4) is 5.75 Å². The van der Waals surface area contributed by atoms with Crippen LogP contribution in [0, 0.1) is 0 Å². The molecule has 5 nitrogen and oxygen atoms in total. The number of methoxy groups -OCH3 is 1. The molecule has 0 aromatic heterocycles. The maximum Gasteiger partial charge on any atom is 0.325 e. The molecule has 2 rings (SSSR count). The highest BCUT2D eigenvalue weighted by Crippen LogP contribution is 2.31. The van der Waals surface area contributed by atoms with Gasteiger partial charge < -0.3 is 20.5 Å². The van der Waals surface area contributed by atoms with Gasteiger partial charge in [-0.3, -0.25) is 4.79 Å². The Labute approximate surface area is 106 Å². The first-order valence-electron chi connectivity index (χ1n) is 6.04. The number of aliphatic carboxylic acids is 1. The number of carbonyl (C=O) groups is 1. The lowest BCUT2D eigenvalue weighted by atomic mass is 10.0. The molecular weight excluding hydrogens is 232 g/mol. The zero-order valence-corrected chi connectivity index (χ0v) is 10.4. The largest absolute Gasteiger partial charge is 0.497 e. The van der Waals surface area contributed by atoms with Crippen molar-refractivity contribution in [3.63, 3.8) is 0 Å². The van der Waals surface area contributed by atoms with Crippen LogP contribution in [0.15, 0.2) is 18.2 Å². The van der Waals surface area contributed by atoms with Crippen LogP contribution < -0.4 is 15.4 Å². The quantitative estimate of drug-likeness (QED) is 0.844. The van der Waals surface area contributed by atoms with Crippen molar-refractivity contribution in [2.45, 2.75) is 18.9 Å². The van der Waals surface area contributed by atoms with Crippen molar-refractivity contribution in [3.05, 3.63) is 23.8 Å². The molecule has 1 saturated heterocycles. The lowest BCUT2D eigenvalue weighted by molar-refractivity contribution is -0.138. The van der Waals surface area contributed by atoms with E-state index in [2.05, 4.69) is 4.90 Å². The molecule has 1 aliphatic heterocycles. The van der Waals surface area contributed by atoms with Gasteiger partial charge in [-0.2, -0.15) is 0 Å².